The van der Waals surface area contributed by atoms with Crippen LogP contribution >= 0.6 is 0 Å². The number of amides is 1. The Balaban J connectivity index is 1.29. The Morgan fingerprint density at radius 3 is 2.61 bits per heavy atom. The average Bonchev–Trinajstić information content (AvgIpc) is 3.46. The van der Waals surface area contributed by atoms with Crippen molar-refractivity contribution < 1.29 is 9.21 Å². The zero-order chi connectivity index (χ0) is 18.9. The first-order valence-electron chi connectivity index (χ1n) is 9.84. The van der Waals surface area contributed by atoms with Gasteiger partial charge in [0.05, 0.1) is 0 Å². The highest BCUT2D eigenvalue weighted by molar-refractivity contribution is 5.92. The number of hydrogen-bond donors (Lipinski definition) is 3. The van der Waals surface area contributed by atoms with Crippen molar-refractivity contribution >= 4 is 17.3 Å². The summed E-state index contributed by atoms with van der Waals surface area (Å²) < 4.78 is 5.87. The summed E-state index contributed by atoms with van der Waals surface area (Å²) in [6, 6.07) is 22.8. The Morgan fingerprint density at radius 1 is 0.964 bits per heavy atom. The van der Waals surface area contributed by atoms with Gasteiger partial charge in [-0.3, -0.25) is 4.79 Å². The van der Waals surface area contributed by atoms with Crippen LogP contribution in [0.4, 0.5) is 11.4 Å². The number of para-hydroxylation sites is 1. The quantitative estimate of drug-likeness (QED) is 0.623. The van der Waals surface area contributed by atoms with Crippen molar-refractivity contribution in [1.29, 1.82) is 0 Å². The molecule has 3 aromatic rings. The summed E-state index contributed by atoms with van der Waals surface area (Å²) in [6.45, 7) is 0. The number of rotatable bonds is 5. The lowest BCUT2D eigenvalue weighted by Crippen LogP contribution is -2.42. The molecule has 142 valence electrons. The van der Waals surface area contributed by atoms with Crippen molar-refractivity contribution in [2.45, 2.75) is 37.4 Å². The molecule has 2 fully saturated rings. The van der Waals surface area contributed by atoms with Gasteiger partial charge >= 0.3 is 0 Å². The molecule has 5 rings (SSSR count). The van der Waals surface area contributed by atoms with E-state index in [1.54, 1.807) is 6.07 Å². The molecule has 3 N–H and O–H groups in total. The smallest absolute Gasteiger partial charge is 0.287 e. The van der Waals surface area contributed by atoms with Crippen LogP contribution in [0.2, 0.25) is 0 Å². The third kappa shape index (κ3) is 3.41. The van der Waals surface area contributed by atoms with Crippen molar-refractivity contribution in [2.24, 2.45) is 0 Å². The first kappa shape index (κ1) is 17.1. The molecule has 2 saturated heterocycles. The Morgan fingerprint density at radius 2 is 1.82 bits per heavy atom. The largest absolute Gasteiger partial charge is 0.451 e. The zero-order valence-corrected chi connectivity index (χ0v) is 15.5. The normalized spacial score (nSPS) is 22.9. The molecule has 5 heteroatoms. The molecule has 0 radical (unpaired) electrons. The molecule has 1 aromatic heterocycles. The predicted molar refractivity (Wildman–Crippen MR) is 110 cm³/mol. The van der Waals surface area contributed by atoms with Gasteiger partial charge in [-0.15, -0.1) is 0 Å². The predicted octanol–water partition coefficient (Wildman–Crippen LogP) is 4.31. The van der Waals surface area contributed by atoms with Crippen LogP contribution in [0.1, 0.15) is 29.8 Å². The van der Waals surface area contributed by atoms with E-state index in [0.29, 0.717) is 23.6 Å². The molecule has 3 heterocycles. The maximum Gasteiger partial charge on any atom is 0.287 e. The van der Waals surface area contributed by atoms with Crippen LogP contribution in [0.15, 0.2) is 71.1 Å². The summed E-state index contributed by atoms with van der Waals surface area (Å²) in [5.74, 6) is 0.913. The van der Waals surface area contributed by atoms with Gasteiger partial charge in [-0.1, -0.05) is 30.3 Å². The lowest BCUT2D eigenvalue weighted by molar-refractivity contribution is 0.0903. The molecule has 2 aromatic carbocycles. The van der Waals surface area contributed by atoms with Crippen LogP contribution < -0.4 is 16.0 Å². The number of anilines is 2. The van der Waals surface area contributed by atoms with Crippen LogP contribution in [0.5, 0.6) is 0 Å². The second-order valence-corrected chi connectivity index (χ2v) is 7.60. The summed E-state index contributed by atoms with van der Waals surface area (Å²) in [7, 11) is 0. The molecule has 0 spiro atoms. The number of benzene rings is 2. The molecule has 0 aliphatic carbocycles. The van der Waals surface area contributed by atoms with Crippen LogP contribution in [-0.4, -0.2) is 24.0 Å². The van der Waals surface area contributed by atoms with Crippen LogP contribution in [0.25, 0.3) is 11.3 Å². The first-order chi connectivity index (χ1) is 13.7. The number of furan rings is 1. The topological polar surface area (TPSA) is 66.3 Å². The van der Waals surface area contributed by atoms with Crippen molar-refractivity contribution in [1.82, 2.24) is 10.6 Å². The maximum absolute atomic E-state index is 12.6. The fourth-order valence-corrected chi connectivity index (χ4v) is 4.28. The Hall–Kier alpha value is -3.05. The van der Waals surface area contributed by atoms with E-state index < -0.39 is 0 Å². The van der Waals surface area contributed by atoms with E-state index in [1.165, 1.54) is 6.42 Å². The number of hydrogen-bond acceptors (Lipinski definition) is 4. The lowest BCUT2D eigenvalue weighted by atomic mass is 9.95. The van der Waals surface area contributed by atoms with Crippen molar-refractivity contribution in [3.8, 4) is 11.3 Å². The van der Waals surface area contributed by atoms with E-state index in [1.807, 2.05) is 60.7 Å². The SMILES string of the molecule is O=C(N[C@@H]1C[C@H]2CC[C@@H]1N2)c1ccc(-c2cccc(Nc3ccccc3)c2)o1. The molecular formula is C23H23N3O2. The molecule has 3 atom stereocenters. The van der Waals surface area contributed by atoms with E-state index in [4.69, 9.17) is 4.42 Å². The van der Waals surface area contributed by atoms with Gasteiger partial charge in [-0.05, 0) is 55.7 Å². The molecule has 28 heavy (non-hydrogen) atoms. The van der Waals surface area contributed by atoms with E-state index in [2.05, 4.69) is 16.0 Å². The van der Waals surface area contributed by atoms with E-state index in [0.717, 1.165) is 29.8 Å². The highest BCUT2D eigenvalue weighted by Gasteiger charge is 2.39. The summed E-state index contributed by atoms with van der Waals surface area (Å²) in [5, 5.41) is 10.0. The van der Waals surface area contributed by atoms with Crippen molar-refractivity contribution in [2.75, 3.05) is 5.32 Å². The lowest BCUT2D eigenvalue weighted by Gasteiger charge is -2.20. The van der Waals surface area contributed by atoms with E-state index >= 15 is 0 Å². The Bertz CT molecular complexity index is 982. The second-order valence-electron chi connectivity index (χ2n) is 7.60. The van der Waals surface area contributed by atoms with Gasteiger partial charge < -0.3 is 20.4 Å². The molecule has 2 aliphatic rings. The van der Waals surface area contributed by atoms with Gasteiger partial charge in [0.15, 0.2) is 5.76 Å². The van der Waals surface area contributed by atoms with Gasteiger partial charge in [0, 0.05) is 35.1 Å². The number of carbonyl (C=O) groups excluding carboxylic acids is 1. The fraction of sp³-hybridized carbons (Fsp3) is 0.261. The third-order valence-corrected chi connectivity index (χ3v) is 5.66. The minimum Gasteiger partial charge on any atom is -0.451 e. The Kier molecular flexibility index (Phi) is 4.37. The molecule has 2 bridgehead atoms. The van der Waals surface area contributed by atoms with Crippen molar-refractivity contribution in [3.63, 3.8) is 0 Å². The third-order valence-electron chi connectivity index (χ3n) is 5.66. The highest BCUT2D eigenvalue weighted by Crippen LogP contribution is 2.29. The molecule has 2 aliphatic heterocycles. The number of nitrogens with one attached hydrogen (secondary N) is 3. The molecular weight excluding hydrogens is 350 g/mol. The zero-order valence-electron chi connectivity index (χ0n) is 15.5. The summed E-state index contributed by atoms with van der Waals surface area (Å²) in [5.41, 5.74) is 2.93. The van der Waals surface area contributed by atoms with Crippen LogP contribution in [0.3, 0.4) is 0 Å². The second kappa shape index (κ2) is 7.17. The Labute approximate surface area is 164 Å². The van der Waals surface area contributed by atoms with E-state index in [9.17, 15) is 4.79 Å². The van der Waals surface area contributed by atoms with Crippen LogP contribution in [0, 0.1) is 0 Å². The van der Waals surface area contributed by atoms with Gasteiger partial charge in [-0.2, -0.15) is 0 Å². The van der Waals surface area contributed by atoms with Crippen LogP contribution in [-0.2, 0) is 0 Å². The maximum atomic E-state index is 12.6. The van der Waals surface area contributed by atoms with Gasteiger partial charge in [-0.25, -0.2) is 0 Å². The minimum absolute atomic E-state index is 0.135. The number of fused-ring (bicyclic) bond motifs is 2. The summed E-state index contributed by atoms with van der Waals surface area (Å²) >= 11 is 0. The molecule has 1 amide bonds. The van der Waals surface area contributed by atoms with E-state index in [-0.39, 0.29) is 11.9 Å². The summed E-state index contributed by atoms with van der Waals surface area (Å²) in [4.78, 5) is 12.6. The molecule has 0 unspecified atom stereocenters. The number of carbonyl (C=O) groups is 1. The summed E-state index contributed by atoms with van der Waals surface area (Å²) in [6.07, 6.45) is 3.37. The van der Waals surface area contributed by atoms with Gasteiger partial charge in [0.2, 0.25) is 0 Å². The fourth-order valence-electron chi connectivity index (χ4n) is 4.28. The minimum atomic E-state index is -0.135. The van der Waals surface area contributed by atoms with Gasteiger partial charge in [0.1, 0.15) is 5.76 Å². The van der Waals surface area contributed by atoms with Crippen molar-refractivity contribution in [3.05, 3.63) is 72.5 Å². The molecule has 0 saturated carbocycles. The standard InChI is InChI=1S/C23H23N3O2/c27-23(26-20-14-18-9-10-19(20)25-18)22-12-11-21(28-22)15-5-4-8-17(13-15)24-16-6-2-1-3-7-16/h1-8,11-13,18-20,24-25H,9-10,14H2,(H,26,27)/t18-,19+,20-/m1/s1. The average molecular weight is 373 g/mol. The highest BCUT2D eigenvalue weighted by atomic mass is 16.3. The first-order valence-corrected chi connectivity index (χ1v) is 9.84. The van der Waals surface area contributed by atoms with Gasteiger partial charge in [0.25, 0.3) is 5.91 Å². The monoisotopic (exact) mass is 373 g/mol. The molecule has 5 nitrogen and oxygen atoms in total.